The average Bonchev–Trinajstić information content (AvgIpc) is 2.48. The topological polar surface area (TPSA) is 37.4 Å². The normalized spacial score (nSPS) is 17.6. The van der Waals surface area contributed by atoms with Gasteiger partial charge in [0, 0.05) is 26.2 Å². The standard InChI is InChI=1S/C17H29N3O/c1-14(12-17(2,3)21-4)19-15-8-9-16(18-13-15)20-10-6-5-7-11-20/h8-9,13-14,19H,5-7,10-12H2,1-4H3. The molecule has 0 bridgehead atoms. The molecule has 1 aliphatic heterocycles. The maximum Gasteiger partial charge on any atom is 0.128 e. The van der Waals surface area contributed by atoms with E-state index in [4.69, 9.17) is 4.74 Å². The monoisotopic (exact) mass is 291 g/mol. The quantitative estimate of drug-likeness (QED) is 0.867. The SMILES string of the molecule is COC(C)(C)CC(C)Nc1ccc(N2CCCCC2)nc1. The second-order valence-electron chi connectivity index (χ2n) is 6.67. The van der Waals surface area contributed by atoms with Crippen molar-refractivity contribution in [2.45, 2.75) is 58.1 Å². The Kier molecular flexibility index (Phi) is 5.45. The molecule has 118 valence electrons. The van der Waals surface area contributed by atoms with E-state index in [-0.39, 0.29) is 5.60 Å². The highest BCUT2D eigenvalue weighted by Gasteiger charge is 2.20. The average molecular weight is 291 g/mol. The third kappa shape index (κ3) is 4.88. The fourth-order valence-electron chi connectivity index (χ4n) is 2.94. The maximum atomic E-state index is 5.48. The number of aromatic nitrogens is 1. The van der Waals surface area contributed by atoms with Gasteiger partial charge in [0.15, 0.2) is 0 Å². The fourth-order valence-corrected chi connectivity index (χ4v) is 2.94. The van der Waals surface area contributed by atoms with Gasteiger partial charge in [-0.15, -0.1) is 0 Å². The first-order chi connectivity index (χ1) is 10.00. The molecule has 4 nitrogen and oxygen atoms in total. The van der Waals surface area contributed by atoms with Crippen LogP contribution in [0.2, 0.25) is 0 Å². The van der Waals surface area contributed by atoms with Crippen LogP contribution in [0.1, 0.15) is 46.5 Å². The van der Waals surface area contributed by atoms with Gasteiger partial charge < -0.3 is 15.0 Å². The highest BCUT2D eigenvalue weighted by Crippen LogP contribution is 2.21. The summed E-state index contributed by atoms with van der Waals surface area (Å²) in [6.45, 7) is 8.68. The molecule has 1 N–H and O–H groups in total. The number of nitrogens with one attached hydrogen (secondary N) is 1. The van der Waals surface area contributed by atoms with Gasteiger partial charge in [-0.1, -0.05) is 0 Å². The molecule has 1 atom stereocenters. The van der Waals surface area contributed by atoms with Crippen molar-refractivity contribution in [3.8, 4) is 0 Å². The Hall–Kier alpha value is -1.29. The Morgan fingerprint density at radius 2 is 2.00 bits per heavy atom. The highest BCUT2D eigenvalue weighted by atomic mass is 16.5. The van der Waals surface area contributed by atoms with Crippen molar-refractivity contribution < 1.29 is 4.74 Å². The summed E-state index contributed by atoms with van der Waals surface area (Å²) >= 11 is 0. The second-order valence-corrected chi connectivity index (χ2v) is 6.67. The number of rotatable bonds is 6. The maximum absolute atomic E-state index is 5.48. The Balaban J connectivity index is 1.89. The summed E-state index contributed by atoms with van der Waals surface area (Å²) in [4.78, 5) is 6.98. The third-order valence-electron chi connectivity index (χ3n) is 4.19. The lowest BCUT2D eigenvalue weighted by molar-refractivity contribution is 0.0128. The van der Waals surface area contributed by atoms with Crippen molar-refractivity contribution in [1.29, 1.82) is 0 Å². The fraction of sp³-hybridized carbons (Fsp3) is 0.706. The van der Waals surface area contributed by atoms with E-state index in [0.717, 1.165) is 31.0 Å². The number of ether oxygens (including phenoxy) is 1. The Labute approximate surface area is 128 Å². The van der Waals surface area contributed by atoms with Crippen molar-refractivity contribution in [3.05, 3.63) is 18.3 Å². The van der Waals surface area contributed by atoms with E-state index in [1.54, 1.807) is 7.11 Å². The van der Waals surface area contributed by atoms with Gasteiger partial charge in [0.1, 0.15) is 5.82 Å². The van der Waals surface area contributed by atoms with Crippen LogP contribution < -0.4 is 10.2 Å². The Bertz CT molecular complexity index is 424. The zero-order chi connectivity index (χ0) is 15.3. The van der Waals surface area contributed by atoms with E-state index in [1.165, 1.54) is 19.3 Å². The molecular formula is C17H29N3O. The molecule has 0 aromatic carbocycles. The molecule has 0 aliphatic carbocycles. The first kappa shape index (κ1) is 16.1. The first-order valence-corrected chi connectivity index (χ1v) is 8.03. The van der Waals surface area contributed by atoms with Crippen LogP contribution in [0.3, 0.4) is 0 Å². The summed E-state index contributed by atoms with van der Waals surface area (Å²) in [7, 11) is 1.77. The van der Waals surface area contributed by atoms with Crippen LogP contribution >= 0.6 is 0 Å². The molecule has 1 saturated heterocycles. The van der Waals surface area contributed by atoms with Crippen molar-refractivity contribution in [3.63, 3.8) is 0 Å². The number of anilines is 2. The van der Waals surface area contributed by atoms with Crippen molar-refractivity contribution in [1.82, 2.24) is 4.98 Å². The van der Waals surface area contributed by atoms with E-state index in [1.807, 2.05) is 6.20 Å². The minimum atomic E-state index is -0.104. The second kappa shape index (κ2) is 7.12. The molecule has 1 unspecified atom stereocenters. The number of pyridine rings is 1. The molecule has 2 rings (SSSR count). The molecular weight excluding hydrogens is 262 g/mol. The van der Waals surface area contributed by atoms with Crippen LogP contribution in [0.4, 0.5) is 11.5 Å². The van der Waals surface area contributed by atoms with Gasteiger partial charge >= 0.3 is 0 Å². The van der Waals surface area contributed by atoms with Crippen LogP contribution in [0.5, 0.6) is 0 Å². The predicted octanol–water partition coefficient (Wildman–Crippen LogP) is 3.69. The lowest BCUT2D eigenvalue weighted by atomic mass is 10.00. The number of piperidine rings is 1. The van der Waals surface area contributed by atoms with E-state index < -0.39 is 0 Å². The first-order valence-electron chi connectivity index (χ1n) is 8.03. The zero-order valence-electron chi connectivity index (χ0n) is 13.9. The summed E-state index contributed by atoms with van der Waals surface area (Å²) in [6.07, 6.45) is 6.82. The Morgan fingerprint density at radius 1 is 1.29 bits per heavy atom. The van der Waals surface area contributed by atoms with Crippen LogP contribution in [0.25, 0.3) is 0 Å². The van der Waals surface area contributed by atoms with E-state index in [2.05, 4.69) is 48.1 Å². The van der Waals surface area contributed by atoms with Crippen LogP contribution in [-0.2, 0) is 4.74 Å². The summed E-state index contributed by atoms with van der Waals surface area (Å²) in [5.41, 5.74) is 0.975. The summed E-state index contributed by atoms with van der Waals surface area (Å²) < 4.78 is 5.48. The Morgan fingerprint density at radius 3 is 2.57 bits per heavy atom. The van der Waals surface area contributed by atoms with E-state index in [9.17, 15) is 0 Å². The molecule has 1 aromatic rings. The third-order valence-corrected chi connectivity index (χ3v) is 4.19. The van der Waals surface area contributed by atoms with Crippen LogP contribution in [0, 0.1) is 0 Å². The van der Waals surface area contributed by atoms with Gasteiger partial charge in [-0.05, 0) is 58.6 Å². The summed E-state index contributed by atoms with van der Waals surface area (Å²) in [6, 6.07) is 4.61. The lowest BCUT2D eigenvalue weighted by Crippen LogP contribution is -2.31. The molecule has 2 heterocycles. The number of hydrogen-bond acceptors (Lipinski definition) is 4. The molecule has 1 fully saturated rings. The smallest absolute Gasteiger partial charge is 0.128 e. The largest absolute Gasteiger partial charge is 0.381 e. The molecule has 0 saturated carbocycles. The lowest BCUT2D eigenvalue weighted by Gasteiger charge is -2.29. The van der Waals surface area contributed by atoms with Crippen LogP contribution in [-0.4, -0.2) is 36.8 Å². The molecule has 4 heteroatoms. The number of nitrogens with zero attached hydrogens (tertiary/aromatic N) is 2. The minimum Gasteiger partial charge on any atom is -0.381 e. The van der Waals surface area contributed by atoms with E-state index >= 15 is 0 Å². The number of hydrogen-bond donors (Lipinski definition) is 1. The van der Waals surface area contributed by atoms with E-state index in [0.29, 0.717) is 6.04 Å². The molecule has 21 heavy (non-hydrogen) atoms. The molecule has 0 radical (unpaired) electrons. The van der Waals surface area contributed by atoms with Gasteiger partial charge in [0.05, 0.1) is 17.5 Å². The minimum absolute atomic E-state index is 0.104. The van der Waals surface area contributed by atoms with Gasteiger partial charge in [0.2, 0.25) is 0 Å². The van der Waals surface area contributed by atoms with Gasteiger partial charge in [-0.25, -0.2) is 4.98 Å². The van der Waals surface area contributed by atoms with Crippen LogP contribution in [0.15, 0.2) is 18.3 Å². The van der Waals surface area contributed by atoms with Crippen molar-refractivity contribution in [2.75, 3.05) is 30.4 Å². The summed E-state index contributed by atoms with van der Waals surface area (Å²) in [5.74, 6) is 1.10. The van der Waals surface area contributed by atoms with Gasteiger partial charge in [-0.3, -0.25) is 0 Å². The highest BCUT2D eigenvalue weighted by molar-refractivity contribution is 5.49. The van der Waals surface area contributed by atoms with Gasteiger partial charge in [0.25, 0.3) is 0 Å². The molecule has 1 aromatic heterocycles. The number of methoxy groups -OCH3 is 1. The molecule has 1 aliphatic rings. The summed E-state index contributed by atoms with van der Waals surface area (Å²) in [5, 5.41) is 3.50. The van der Waals surface area contributed by atoms with Gasteiger partial charge in [-0.2, -0.15) is 0 Å². The van der Waals surface area contributed by atoms with Crippen molar-refractivity contribution >= 4 is 11.5 Å². The zero-order valence-corrected chi connectivity index (χ0v) is 13.9. The van der Waals surface area contributed by atoms with Crippen molar-refractivity contribution in [2.24, 2.45) is 0 Å². The predicted molar refractivity (Wildman–Crippen MR) is 89.1 cm³/mol. The molecule has 0 spiro atoms. The molecule has 0 amide bonds.